The van der Waals surface area contributed by atoms with Gasteiger partial charge in [-0.15, -0.1) is 0 Å². The second kappa shape index (κ2) is 6.50. The molecule has 4 rings (SSSR count). The zero-order chi connectivity index (χ0) is 18.3. The molecule has 1 fully saturated rings. The molecule has 5 nitrogen and oxygen atoms in total. The number of carbonyl (C=O) groups excluding carboxylic acids is 1. The van der Waals surface area contributed by atoms with Gasteiger partial charge in [0.05, 0.1) is 16.9 Å². The molecule has 1 saturated carbocycles. The first-order chi connectivity index (χ1) is 12.6. The number of likely N-dealkylation sites (N-methyl/N-ethyl adjacent to an activating group) is 1. The van der Waals surface area contributed by atoms with Crippen molar-refractivity contribution in [3.63, 3.8) is 0 Å². The van der Waals surface area contributed by atoms with E-state index in [1.54, 1.807) is 35.2 Å². The van der Waals surface area contributed by atoms with Crippen LogP contribution in [-0.4, -0.2) is 24.8 Å². The van der Waals surface area contributed by atoms with Crippen LogP contribution >= 0.6 is 11.6 Å². The summed E-state index contributed by atoms with van der Waals surface area (Å²) in [7, 11) is 1.79. The van der Waals surface area contributed by atoms with Crippen LogP contribution in [0.3, 0.4) is 0 Å². The summed E-state index contributed by atoms with van der Waals surface area (Å²) in [6.45, 7) is 0. The molecular weight excluding hydrogens is 348 g/mol. The largest absolute Gasteiger partial charge is 0.387 e. The van der Waals surface area contributed by atoms with E-state index in [4.69, 9.17) is 17.0 Å². The third-order valence-corrected chi connectivity index (χ3v) is 4.85. The Kier molecular flexibility index (Phi) is 4.17. The summed E-state index contributed by atoms with van der Waals surface area (Å²) in [6, 6.07) is 15.2. The number of anilines is 3. The van der Waals surface area contributed by atoms with Gasteiger partial charge in [0, 0.05) is 30.0 Å². The molecular formula is C20H19ClN4O. The van der Waals surface area contributed by atoms with Gasteiger partial charge < -0.3 is 10.2 Å². The van der Waals surface area contributed by atoms with Crippen LogP contribution in [0, 0.1) is 5.41 Å². The predicted octanol–water partition coefficient (Wildman–Crippen LogP) is 4.07. The number of nitrogens with zero attached hydrogens (tertiary/aromatic N) is 2. The summed E-state index contributed by atoms with van der Waals surface area (Å²) in [5.74, 6) is -0.0904. The zero-order valence-corrected chi connectivity index (χ0v) is 15.1. The summed E-state index contributed by atoms with van der Waals surface area (Å²) in [6.07, 6.45) is 3.88. The summed E-state index contributed by atoms with van der Waals surface area (Å²) in [4.78, 5) is 16.8. The zero-order valence-electron chi connectivity index (χ0n) is 14.4. The SMILES string of the molecule is CN1C(=N)/C(=C\NC2CC2)C(=O)N(c2ccccc2)c2cc(Cl)ccc21. The second-order valence-corrected chi connectivity index (χ2v) is 6.95. The molecule has 2 N–H and O–H groups in total. The molecule has 0 bridgehead atoms. The van der Waals surface area contributed by atoms with Crippen LogP contribution in [0.1, 0.15) is 12.8 Å². The third-order valence-electron chi connectivity index (χ3n) is 4.62. The van der Waals surface area contributed by atoms with Crippen LogP contribution in [0.4, 0.5) is 17.1 Å². The highest BCUT2D eigenvalue weighted by molar-refractivity contribution is 6.34. The fourth-order valence-electron chi connectivity index (χ4n) is 3.01. The molecule has 0 radical (unpaired) electrons. The van der Waals surface area contributed by atoms with E-state index >= 15 is 0 Å². The number of halogens is 1. The number of fused-ring (bicyclic) bond motifs is 1. The van der Waals surface area contributed by atoms with Gasteiger partial charge in [-0.05, 0) is 43.2 Å². The maximum absolute atomic E-state index is 13.4. The molecule has 2 aromatic rings. The monoisotopic (exact) mass is 366 g/mol. The molecule has 1 heterocycles. The molecule has 0 aromatic heterocycles. The molecule has 0 saturated heterocycles. The van der Waals surface area contributed by atoms with Gasteiger partial charge in [-0.3, -0.25) is 15.1 Å². The summed E-state index contributed by atoms with van der Waals surface area (Å²) in [5, 5.41) is 12.3. The molecule has 132 valence electrons. The molecule has 1 aliphatic carbocycles. The van der Waals surface area contributed by atoms with Gasteiger partial charge >= 0.3 is 0 Å². The second-order valence-electron chi connectivity index (χ2n) is 6.52. The molecule has 0 spiro atoms. The van der Waals surface area contributed by atoms with Gasteiger partial charge in [0.1, 0.15) is 5.84 Å². The number of carbonyl (C=O) groups is 1. The quantitative estimate of drug-likeness (QED) is 0.805. The lowest BCUT2D eigenvalue weighted by Crippen LogP contribution is -2.33. The molecule has 1 amide bonds. The van der Waals surface area contributed by atoms with E-state index in [-0.39, 0.29) is 11.7 Å². The lowest BCUT2D eigenvalue weighted by Gasteiger charge is -2.24. The van der Waals surface area contributed by atoms with Gasteiger partial charge in [0.2, 0.25) is 0 Å². The van der Waals surface area contributed by atoms with Crippen LogP contribution in [0.25, 0.3) is 0 Å². The van der Waals surface area contributed by atoms with E-state index < -0.39 is 0 Å². The van der Waals surface area contributed by atoms with Crippen LogP contribution < -0.4 is 15.1 Å². The van der Waals surface area contributed by atoms with Crippen molar-refractivity contribution in [3.8, 4) is 0 Å². The molecule has 0 unspecified atom stereocenters. The van der Waals surface area contributed by atoms with Crippen molar-refractivity contribution in [2.75, 3.05) is 16.8 Å². The molecule has 2 aliphatic rings. The Bertz CT molecular complexity index is 905. The van der Waals surface area contributed by atoms with Gasteiger partial charge in [-0.1, -0.05) is 29.8 Å². The van der Waals surface area contributed by atoms with Crippen LogP contribution in [-0.2, 0) is 4.79 Å². The Labute approximate surface area is 157 Å². The number of para-hydroxylation sites is 1. The molecule has 2 aromatic carbocycles. The number of rotatable bonds is 3. The van der Waals surface area contributed by atoms with Crippen molar-refractivity contribution in [3.05, 3.63) is 65.3 Å². The Hall–Kier alpha value is -2.79. The first kappa shape index (κ1) is 16.7. The predicted molar refractivity (Wildman–Crippen MR) is 105 cm³/mol. The number of hydrogen-bond donors (Lipinski definition) is 2. The minimum absolute atomic E-state index is 0.158. The van der Waals surface area contributed by atoms with E-state index in [2.05, 4.69) is 5.32 Å². The van der Waals surface area contributed by atoms with Crippen molar-refractivity contribution < 1.29 is 4.79 Å². The number of hydrogen-bond acceptors (Lipinski definition) is 3. The average molecular weight is 367 g/mol. The highest BCUT2D eigenvalue weighted by atomic mass is 35.5. The summed E-state index contributed by atoms with van der Waals surface area (Å²) >= 11 is 6.22. The number of amides is 1. The van der Waals surface area contributed by atoms with Crippen molar-refractivity contribution in [1.29, 1.82) is 5.41 Å². The number of benzene rings is 2. The van der Waals surface area contributed by atoms with Crippen molar-refractivity contribution in [2.45, 2.75) is 18.9 Å². The highest BCUT2D eigenvalue weighted by Crippen LogP contribution is 2.40. The van der Waals surface area contributed by atoms with Gasteiger partial charge in [-0.2, -0.15) is 0 Å². The fraction of sp³-hybridized carbons (Fsp3) is 0.200. The van der Waals surface area contributed by atoms with E-state index in [1.165, 1.54) is 0 Å². The number of nitrogens with one attached hydrogen (secondary N) is 2. The molecule has 26 heavy (non-hydrogen) atoms. The minimum atomic E-state index is -0.248. The molecule has 6 heteroatoms. The summed E-state index contributed by atoms with van der Waals surface area (Å²) in [5.41, 5.74) is 2.49. The normalized spacial score (nSPS) is 18.8. The van der Waals surface area contributed by atoms with Crippen molar-refractivity contribution >= 4 is 40.4 Å². The third kappa shape index (κ3) is 2.95. The Morgan fingerprint density at radius 3 is 2.58 bits per heavy atom. The lowest BCUT2D eigenvalue weighted by molar-refractivity contribution is -0.114. The summed E-state index contributed by atoms with van der Waals surface area (Å²) < 4.78 is 0. The maximum atomic E-state index is 13.4. The Balaban J connectivity index is 1.89. The molecule has 1 aliphatic heterocycles. The van der Waals surface area contributed by atoms with Gasteiger partial charge in [0.15, 0.2) is 0 Å². The first-order valence-corrected chi connectivity index (χ1v) is 8.92. The molecule has 0 atom stereocenters. The van der Waals surface area contributed by atoms with E-state index in [1.807, 2.05) is 36.4 Å². The minimum Gasteiger partial charge on any atom is -0.387 e. The standard InChI is InChI=1S/C20H19ClN4O/c1-24-17-10-7-13(21)11-18(17)25(15-5-3-2-4-6-15)20(26)16(19(24)22)12-23-14-8-9-14/h2-7,10-12,14,22-23H,8-9H2,1H3/b16-12+,22-19?. The van der Waals surface area contributed by atoms with Crippen molar-refractivity contribution in [2.24, 2.45) is 0 Å². The average Bonchev–Trinajstić information content (AvgIpc) is 3.47. The lowest BCUT2D eigenvalue weighted by atomic mass is 10.2. The van der Waals surface area contributed by atoms with Crippen LogP contribution in [0.5, 0.6) is 0 Å². The maximum Gasteiger partial charge on any atom is 0.268 e. The van der Waals surface area contributed by atoms with E-state index in [9.17, 15) is 4.79 Å². The fourth-order valence-corrected chi connectivity index (χ4v) is 3.17. The topological polar surface area (TPSA) is 59.4 Å². The van der Waals surface area contributed by atoms with Gasteiger partial charge in [-0.25, -0.2) is 0 Å². The highest BCUT2D eigenvalue weighted by Gasteiger charge is 2.34. The Morgan fingerprint density at radius 1 is 1.15 bits per heavy atom. The van der Waals surface area contributed by atoms with Crippen LogP contribution in [0.15, 0.2) is 60.3 Å². The van der Waals surface area contributed by atoms with Gasteiger partial charge in [0.25, 0.3) is 5.91 Å². The van der Waals surface area contributed by atoms with Crippen LogP contribution in [0.2, 0.25) is 5.02 Å². The van der Waals surface area contributed by atoms with E-state index in [0.29, 0.717) is 22.3 Å². The van der Waals surface area contributed by atoms with Crippen molar-refractivity contribution in [1.82, 2.24) is 5.32 Å². The first-order valence-electron chi connectivity index (χ1n) is 8.54. The number of amidine groups is 1. The smallest absolute Gasteiger partial charge is 0.268 e. The Morgan fingerprint density at radius 2 is 1.88 bits per heavy atom. The van der Waals surface area contributed by atoms with E-state index in [0.717, 1.165) is 24.2 Å².